The van der Waals surface area contributed by atoms with E-state index in [1.807, 2.05) is 6.07 Å². The lowest BCUT2D eigenvalue weighted by Gasteiger charge is -2.11. The van der Waals surface area contributed by atoms with Gasteiger partial charge in [0.1, 0.15) is 0 Å². The Labute approximate surface area is 95.3 Å². The smallest absolute Gasteiger partial charge is 0.326 e. The van der Waals surface area contributed by atoms with Crippen LogP contribution in [0.3, 0.4) is 0 Å². The van der Waals surface area contributed by atoms with Crippen molar-refractivity contribution in [2.24, 2.45) is 0 Å². The molecule has 0 radical (unpaired) electrons. The van der Waals surface area contributed by atoms with Crippen molar-refractivity contribution in [3.63, 3.8) is 0 Å². The van der Waals surface area contributed by atoms with Crippen LogP contribution in [0.15, 0.2) is 30.5 Å². The van der Waals surface area contributed by atoms with Gasteiger partial charge in [-0.15, -0.1) is 8.96 Å². The summed E-state index contributed by atoms with van der Waals surface area (Å²) >= 11 is 0. The minimum atomic E-state index is -1.82. The fraction of sp³-hybridized carbons (Fsp3) is 0.182. The topological polar surface area (TPSA) is 56.3 Å². The Hall–Kier alpha value is -1.95. The third kappa shape index (κ3) is 2.26. The van der Waals surface area contributed by atoms with Gasteiger partial charge in [0.05, 0.1) is 0 Å². The highest BCUT2D eigenvalue weighted by Crippen LogP contribution is 2.20. The highest BCUT2D eigenvalue weighted by Gasteiger charge is 2.27. The Kier molecular flexibility index (Phi) is 3.06. The normalized spacial score (nSPS) is 13.1. The highest BCUT2D eigenvalue weighted by atomic mass is 19.4. The molecule has 0 aliphatic heterocycles. The van der Waals surface area contributed by atoms with E-state index in [1.54, 1.807) is 24.4 Å². The summed E-state index contributed by atoms with van der Waals surface area (Å²) in [6.07, 6.45) is 1.32. The molecule has 17 heavy (non-hydrogen) atoms. The molecule has 2 rings (SSSR count). The van der Waals surface area contributed by atoms with Crippen LogP contribution in [0.1, 0.15) is 5.56 Å². The van der Waals surface area contributed by atoms with Gasteiger partial charge < -0.3 is 10.1 Å². The summed E-state index contributed by atoms with van der Waals surface area (Å²) in [7, 11) is 0. The van der Waals surface area contributed by atoms with Crippen LogP contribution in [0.5, 0.6) is 0 Å². The zero-order valence-electron chi connectivity index (χ0n) is 8.73. The number of H-pyrrole nitrogens is 1. The number of benzene rings is 1. The Balaban J connectivity index is 2.31. The van der Waals surface area contributed by atoms with Crippen molar-refractivity contribution in [3.05, 3.63) is 36.0 Å². The average molecular weight is 240 g/mol. The number of carbonyl (C=O) groups is 1. The van der Waals surface area contributed by atoms with Crippen LogP contribution in [0, 0.1) is 0 Å². The molecule has 0 spiro atoms. The van der Waals surface area contributed by atoms with Crippen LogP contribution in [0.2, 0.25) is 0 Å². The predicted molar refractivity (Wildman–Crippen MR) is 57.5 cm³/mol. The van der Waals surface area contributed by atoms with Crippen molar-refractivity contribution in [2.75, 3.05) is 0 Å². The van der Waals surface area contributed by atoms with Gasteiger partial charge in [0.15, 0.2) is 6.04 Å². The molecule has 0 aliphatic carbocycles. The Morgan fingerprint density at radius 3 is 2.76 bits per heavy atom. The standard InChI is InChI=1S/C11H10F2N2O2/c12-15(13)10(11(16)17)5-7-6-14-9-4-2-1-3-8(7)9/h1-4,6,10,14H,5H2,(H,16,17)/t10-/m0/s1. The second-order valence-corrected chi connectivity index (χ2v) is 3.68. The lowest BCUT2D eigenvalue weighted by atomic mass is 10.1. The maximum absolute atomic E-state index is 12.4. The minimum absolute atomic E-state index is 0.244. The zero-order chi connectivity index (χ0) is 12.4. The molecule has 0 unspecified atom stereocenters. The number of rotatable bonds is 4. The monoisotopic (exact) mass is 240 g/mol. The van der Waals surface area contributed by atoms with Crippen LogP contribution in [0.25, 0.3) is 10.9 Å². The van der Waals surface area contributed by atoms with E-state index in [1.165, 1.54) is 0 Å². The number of aromatic nitrogens is 1. The molecule has 1 aromatic heterocycles. The molecule has 0 aliphatic rings. The molecule has 0 saturated carbocycles. The van der Waals surface area contributed by atoms with Crippen LogP contribution < -0.4 is 0 Å². The van der Waals surface area contributed by atoms with Crippen molar-refractivity contribution in [1.29, 1.82) is 0 Å². The SMILES string of the molecule is O=C(O)[C@H](Cc1c[nH]c2ccccc12)N(F)F. The molecule has 1 aromatic carbocycles. The molecule has 1 heterocycles. The molecule has 4 nitrogen and oxygen atoms in total. The maximum atomic E-state index is 12.4. The fourth-order valence-electron chi connectivity index (χ4n) is 1.75. The molecule has 0 fully saturated rings. The molecule has 2 aromatic rings. The van der Waals surface area contributed by atoms with Gasteiger partial charge in [-0.1, -0.05) is 18.2 Å². The van der Waals surface area contributed by atoms with Gasteiger partial charge in [0.2, 0.25) is 0 Å². The van der Waals surface area contributed by atoms with Crippen molar-refractivity contribution < 1.29 is 18.9 Å². The number of halogens is 2. The molecule has 1 atom stereocenters. The molecule has 6 heteroatoms. The number of aromatic amines is 1. The number of fused-ring (bicyclic) bond motifs is 1. The molecule has 2 N–H and O–H groups in total. The Bertz CT molecular complexity index is 539. The number of hydrogen-bond donors (Lipinski definition) is 2. The number of para-hydroxylation sites is 1. The third-order valence-electron chi connectivity index (χ3n) is 2.61. The number of carboxylic acids is 1. The Morgan fingerprint density at radius 2 is 2.12 bits per heavy atom. The molecule has 0 bridgehead atoms. The Morgan fingerprint density at radius 1 is 1.41 bits per heavy atom. The summed E-state index contributed by atoms with van der Waals surface area (Å²) in [6, 6.07) is 5.33. The summed E-state index contributed by atoms with van der Waals surface area (Å²) in [5, 5.41) is 8.17. The van der Waals surface area contributed by atoms with Crippen molar-refractivity contribution in [1.82, 2.24) is 10.3 Å². The number of aliphatic carboxylic acids is 1. The van der Waals surface area contributed by atoms with Crippen molar-refractivity contribution in [3.8, 4) is 0 Å². The molecule has 0 saturated heterocycles. The van der Waals surface area contributed by atoms with E-state index in [-0.39, 0.29) is 6.42 Å². The van der Waals surface area contributed by atoms with E-state index in [4.69, 9.17) is 5.11 Å². The lowest BCUT2D eigenvalue weighted by Crippen LogP contribution is -2.32. The number of hydrogen-bond acceptors (Lipinski definition) is 2. The first-order valence-electron chi connectivity index (χ1n) is 4.98. The van der Waals surface area contributed by atoms with E-state index >= 15 is 0 Å². The van der Waals surface area contributed by atoms with E-state index in [0.717, 1.165) is 10.9 Å². The second-order valence-electron chi connectivity index (χ2n) is 3.68. The van der Waals surface area contributed by atoms with E-state index < -0.39 is 17.4 Å². The number of nitrogens with zero attached hydrogens (tertiary/aromatic N) is 1. The van der Waals surface area contributed by atoms with Crippen molar-refractivity contribution >= 4 is 16.9 Å². The summed E-state index contributed by atoms with van der Waals surface area (Å²) < 4.78 is 24.8. The van der Waals surface area contributed by atoms with Crippen LogP contribution >= 0.6 is 0 Å². The van der Waals surface area contributed by atoms with Gasteiger partial charge in [-0.3, -0.25) is 4.79 Å². The minimum Gasteiger partial charge on any atom is -0.480 e. The van der Waals surface area contributed by atoms with Crippen LogP contribution in [-0.4, -0.2) is 27.4 Å². The highest BCUT2D eigenvalue weighted by molar-refractivity contribution is 5.84. The molecular weight excluding hydrogens is 230 g/mol. The van der Waals surface area contributed by atoms with E-state index in [9.17, 15) is 13.8 Å². The van der Waals surface area contributed by atoms with Gasteiger partial charge in [0.25, 0.3) is 0 Å². The number of carboxylic acid groups (broad SMARTS) is 1. The van der Waals surface area contributed by atoms with Crippen LogP contribution in [0.4, 0.5) is 8.96 Å². The summed E-state index contributed by atoms with van der Waals surface area (Å²) in [5.41, 5.74) is 1.37. The predicted octanol–water partition coefficient (Wildman–Crippen LogP) is 2.23. The molecule has 90 valence electrons. The van der Waals surface area contributed by atoms with Gasteiger partial charge in [-0.2, -0.15) is 0 Å². The third-order valence-corrected chi connectivity index (χ3v) is 2.61. The fourth-order valence-corrected chi connectivity index (χ4v) is 1.75. The van der Waals surface area contributed by atoms with Gasteiger partial charge in [0, 0.05) is 28.9 Å². The quantitative estimate of drug-likeness (QED) is 0.806. The average Bonchev–Trinajstić information content (AvgIpc) is 2.68. The largest absolute Gasteiger partial charge is 0.480 e. The maximum Gasteiger partial charge on any atom is 0.326 e. The first-order chi connectivity index (χ1) is 8.09. The summed E-state index contributed by atoms with van der Waals surface area (Å²) in [4.78, 5) is 13.6. The van der Waals surface area contributed by atoms with Crippen molar-refractivity contribution in [2.45, 2.75) is 12.5 Å². The van der Waals surface area contributed by atoms with Crippen LogP contribution in [-0.2, 0) is 11.2 Å². The van der Waals surface area contributed by atoms with Gasteiger partial charge in [-0.05, 0) is 11.6 Å². The second kappa shape index (κ2) is 4.50. The van der Waals surface area contributed by atoms with Gasteiger partial charge in [-0.25, -0.2) is 0 Å². The first kappa shape index (κ1) is 11.5. The lowest BCUT2D eigenvalue weighted by molar-refractivity contribution is -0.200. The van der Waals surface area contributed by atoms with Gasteiger partial charge >= 0.3 is 5.97 Å². The molecular formula is C11H10F2N2O2. The molecule has 0 amide bonds. The number of nitrogens with one attached hydrogen (secondary N) is 1. The van der Waals surface area contributed by atoms with E-state index in [2.05, 4.69) is 4.98 Å². The summed E-state index contributed by atoms with van der Waals surface area (Å²) in [5.74, 6) is -1.54. The zero-order valence-corrected chi connectivity index (χ0v) is 8.73. The summed E-state index contributed by atoms with van der Waals surface area (Å²) in [6.45, 7) is 0. The first-order valence-corrected chi connectivity index (χ1v) is 4.98. The van der Waals surface area contributed by atoms with E-state index in [0.29, 0.717) is 5.56 Å².